The first-order valence-corrected chi connectivity index (χ1v) is 11.8. The Balaban J connectivity index is 1.64. The zero-order valence-corrected chi connectivity index (χ0v) is 18.5. The lowest BCUT2D eigenvalue weighted by Gasteiger charge is -2.24. The van der Waals surface area contributed by atoms with E-state index in [1.165, 1.54) is 36.4 Å². The summed E-state index contributed by atoms with van der Waals surface area (Å²) in [5, 5.41) is 2.84. The van der Waals surface area contributed by atoms with Crippen LogP contribution in [-0.2, 0) is 19.6 Å². The van der Waals surface area contributed by atoms with Gasteiger partial charge >= 0.3 is 0 Å². The Morgan fingerprint density at radius 2 is 1.81 bits per heavy atom. The fraction of sp³-hybridized carbons (Fsp3) is 0.364. The van der Waals surface area contributed by atoms with Crippen molar-refractivity contribution in [1.29, 1.82) is 0 Å². The lowest BCUT2D eigenvalue weighted by Crippen LogP contribution is -2.46. The highest BCUT2D eigenvalue weighted by molar-refractivity contribution is 7.92. The molecule has 8 nitrogen and oxygen atoms in total. The van der Waals surface area contributed by atoms with E-state index in [1.54, 1.807) is 12.0 Å². The molecule has 32 heavy (non-hydrogen) atoms. The van der Waals surface area contributed by atoms with Gasteiger partial charge in [0.1, 0.15) is 11.9 Å². The molecule has 2 aromatic carbocycles. The van der Waals surface area contributed by atoms with Crippen LogP contribution in [0, 0.1) is 5.82 Å². The highest BCUT2D eigenvalue weighted by Crippen LogP contribution is 2.22. The van der Waals surface area contributed by atoms with Gasteiger partial charge < -0.3 is 15.0 Å². The second kappa shape index (κ2) is 10.6. The molecule has 1 heterocycles. The minimum absolute atomic E-state index is 0.0736. The standard InChI is InChI=1S/C22H26FN3O5S/c1-31-15-3-13-24-21(27)20-4-2-14-26(20)22(28)16-5-9-18(10-6-16)25-32(29,30)19-11-7-17(23)8-12-19/h5-12,20,25H,2-4,13-15H2,1H3,(H,24,27). The molecular weight excluding hydrogens is 437 g/mol. The van der Waals surface area contributed by atoms with Gasteiger partial charge in [0.15, 0.2) is 0 Å². The van der Waals surface area contributed by atoms with Crippen LogP contribution >= 0.6 is 0 Å². The smallest absolute Gasteiger partial charge is 0.261 e. The zero-order valence-electron chi connectivity index (χ0n) is 17.7. The van der Waals surface area contributed by atoms with E-state index in [-0.39, 0.29) is 22.4 Å². The number of hydrogen-bond acceptors (Lipinski definition) is 5. The zero-order chi connectivity index (χ0) is 23.1. The predicted molar refractivity (Wildman–Crippen MR) is 117 cm³/mol. The molecule has 1 saturated heterocycles. The summed E-state index contributed by atoms with van der Waals surface area (Å²) in [7, 11) is -2.29. The normalized spacial score (nSPS) is 16.1. The predicted octanol–water partition coefficient (Wildman–Crippen LogP) is 2.38. The van der Waals surface area contributed by atoms with Crippen LogP contribution in [0.4, 0.5) is 10.1 Å². The Hall–Kier alpha value is -2.98. The number of nitrogens with one attached hydrogen (secondary N) is 2. The molecule has 10 heteroatoms. The van der Waals surface area contributed by atoms with E-state index >= 15 is 0 Å². The van der Waals surface area contributed by atoms with Crippen LogP contribution in [0.25, 0.3) is 0 Å². The van der Waals surface area contributed by atoms with Gasteiger partial charge in [0, 0.05) is 38.1 Å². The molecule has 0 aliphatic carbocycles. The van der Waals surface area contributed by atoms with Crippen LogP contribution in [0.1, 0.15) is 29.6 Å². The van der Waals surface area contributed by atoms with E-state index in [1.807, 2.05) is 0 Å². The molecule has 2 N–H and O–H groups in total. The second-order valence-corrected chi connectivity index (χ2v) is 9.11. The summed E-state index contributed by atoms with van der Waals surface area (Å²) in [6.45, 7) is 1.51. The third-order valence-electron chi connectivity index (χ3n) is 5.15. The van der Waals surface area contributed by atoms with Crippen LogP contribution in [0.15, 0.2) is 53.4 Å². The Kier molecular flexibility index (Phi) is 7.81. The number of halogens is 1. The highest BCUT2D eigenvalue weighted by Gasteiger charge is 2.34. The molecule has 3 rings (SSSR count). The molecule has 0 aromatic heterocycles. The number of amides is 2. The van der Waals surface area contributed by atoms with Crippen molar-refractivity contribution < 1.29 is 27.1 Å². The van der Waals surface area contributed by atoms with Crippen LogP contribution in [0.5, 0.6) is 0 Å². The molecule has 1 unspecified atom stereocenters. The van der Waals surface area contributed by atoms with E-state index in [0.717, 1.165) is 18.6 Å². The number of methoxy groups -OCH3 is 1. The van der Waals surface area contributed by atoms with Crippen molar-refractivity contribution in [2.24, 2.45) is 0 Å². The summed E-state index contributed by atoms with van der Waals surface area (Å²) in [5.41, 5.74) is 0.619. The lowest BCUT2D eigenvalue weighted by molar-refractivity contribution is -0.124. The Morgan fingerprint density at radius 1 is 1.12 bits per heavy atom. The Bertz CT molecular complexity index is 1040. The lowest BCUT2D eigenvalue weighted by atomic mass is 10.1. The maximum atomic E-state index is 13.0. The number of carbonyl (C=O) groups excluding carboxylic acids is 2. The monoisotopic (exact) mass is 463 g/mol. The topological polar surface area (TPSA) is 105 Å². The molecule has 1 atom stereocenters. The van der Waals surface area contributed by atoms with Crippen molar-refractivity contribution in [3.63, 3.8) is 0 Å². The quantitative estimate of drug-likeness (QED) is 0.556. The summed E-state index contributed by atoms with van der Waals surface area (Å²) in [5.74, 6) is -1.00. The molecule has 1 aliphatic rings. The summed E-state index contributed by atoms with van der Waals surface area (Å²) >= 11 is 0. The minimum atomic E-state index is -3.89. The maximum Gasteiger partial charge on any atom is 0.261 e. The highest BCUT2D eigenvalue weighted by atomic mass is 32.2. The van der Waals surface area contributed by atoms with Crippen LogP contribution in [-0.4, -0.2) is 58.0 Å². The van der Waals surface area contributed by atoms with Crippen LogP contribution < -0.4 is 10.0 Å². The van der Waals surface area contributed by atoms with Crippen LogP contribution in [0.2, 0.25) is 0 Å². The van der Waals surface area contributed by atoms with E-state index < -0.39 is 21.9 Å². The number of ether oxygens (including phenoxy) is 1. The van der Waals surface area contributed by atoms with Gasteiger partial charge in [-0.2, -0.15) is 0 Å². The fourth-order valence-corrected chi connectivity index (χ4v) is 4.56. The fourth-order valence-electron chi connectivity index (χ4n) is 3.50. The van der Waals surface area contributed by atoms with Gasteiger partial charge in [0.2, 0.25) is 5.91 Å². The number of nitrogens with zero attached hydrogens (tertiary/aromatic N) is 1. The number of carbonyl (C=O) groups is 2. The minimum Gasteiger partial charge on any atom is -0.385 e. The number of benzene rings is 2. The third kappa shape index (κ3) is 5.83. The first-order chi connectivity index (χ1) is 15.3. The Morgan fingerprint density at radius 3 is 2.47 bits per heavy atom. The molecule has 2 amide bonds. The largest absolute Gasteiger partial charge is 0.385 e. The van der Waals surface area contributed by atoms with Crippen molar-refractivity contribution in [2.75, 3.05) is 31.5 Å². The molecule has 0 spiro atoms. The van der Waals surface area contributed by atoms with Crippen molar-refractivity contribution in [3.05, 3.63) is 59.9 Å². The number of hydrogen-bond donors (Lipinski definition) is 2. The number of rotatable bonds is 9. The molecule has 172 valence electrons. The SMILES string of the molecule is COCCCNC(=O)C1CCCN1C(=O)c1ccc(NS(=O)(=O)c2ccc(F)cc2)cc1. The molecule has 0 saturated carbocycles. The summed E-state index contributed by atoms with van der Waals surface area (Å²) in [6.07, 6.45) is 2.02. The molecule has 2 aromatic rings. The second-order valence-electron chi connectivity index (χ2n) is 7.43. The first kappa shape index (κ1) is 23.7. The van der Waals surface area contributed by atoms with E-state index in [2.05, 4.69) is 10.0 Å². The van der Waals surface area contributed by atoms with Crippen molar-refractivity contribution in [1.82, 2.24) is 10.2 Å². The van der Waals surface area contributed by atoms with Gasteiger partial charge in [-0.15, -0.1) is 0 Å². The summed E-state index contributed by atoms with van der Waals surface area (Å²) in [4.78, 5) is 26.9. The van der Waals surface area contributed by atoms with E-state index in [9.17, 15) is 22.4 Å². The van der Waals surface area contributed by atoms with Gasteiger partial charge in [0.05, 0.1) is 4.90 Å². The average molecular weight is 464 g/mol. The van der Waals surface area contributed by atoms with Crippen LogP contribution in [0.3, 0.4) is 0 Å². The summed E-state index contributed by atoms with van der Waals surface area (Å²) < 4.78 is 45.3. The van der Waals surface area contributed by atoms with Crippen molar-refractivity contribution in [2.45, 2.75) is 30.2 Å². The molecule has 1 aliphatic heterocycles. The number of sulfonamides is 1. The molecular formula is C22H26FN3O5S. The van der Waals surface area contributed by atoms with E-state index in [4.69, 9.17) is 4.74 Å². The number of likely N-dealkylation sites (tertiary alicyclic amines) is 1. The van der Waals surface area contributed by atoms with Gasteiger partial charge in [-0.05, 0) is 67.8 Å². The van der Waals surface area contributed by atoms with E-state index in [0.29, 0.717) is 38.1 Å². The summed E-state index contributed by atoms with van der Waals surface area (Å²) in [6, 6.07) is 9.92. The average Bonchev–Trinajstić information content (AvgIpc) is 3.27. The Labute approximate surface area is 186 Å². The molecule has 0 bridgehead atoms. The molecule has 0 radical (unpaired) electrons. The van der Waals surface area contributed by atoms with Crippen molar-refractivity contribution >= 4 is 27.5 Å². The number of anilines is 1. The third-order valence-corrected chi connectivity index (χ3v) is 6.55. The van der Waals surface area contributed by atoms with Gasteiger partial charge in [-0.25, -0.2) is 12.8 Å². The van der Waals surface area contributed by atoms with Gasteiger partial charge in [0.25, 0.3) is 15.9 Å². The van der Waals surface area contributed by atoms with Crippen molar-refractivity contribution in [3.8, 4) is 0 Å². The first-order valence-electron chi connectivity index (χ1n) is 10.3. The molecule has 1 fully saturated rings. The van der Waals surface area contributed by atoms with Gasteiger partial charge in [-0.1, -0.05) is 0 Å². The van der Waals surface area contributed by atoms with Gasteiger partial charge in [-0.3, -0.25) is 14.3 Å². The maximum absolute atomic E-state index is 13.0.